The van der Waals surface area contributed by atoms with E-state index < -0.39 is 12.0 Å². The SMILES string of the molecule is O=C(O)CCP(=S)(c1ccccc1)c1ccccc1. The number of carboxylic acid groups (broad SMARTS) is 1. The lowest BCUT2D eigenvalue weighted by atomic mass is 10.4. The molecule has 0 aliphatic heterocycles. The Balaban J connectivity index is 2.45. The van der Waals surface area contributed by atoms with Crippen molar-refractivity contribution in [1.29, 1.82) is 0 Å². The molecule has 0 amide bonds. The van der Waals surface area contributed by atoms with Crippen LogP contribution in [0.1, 0.15) is 6.42 Å². The molecule has 2 nitrogen and oxygen atoms in total. The van der Waals surface area contributed by atoms with Gasteiger partial charge in [0.05, 0.1) is 6.42 Å². The number of rotatable bonds is 5. The summed E-state index contributed by atoms with van der Waals surface area (Å²) in [7, 11) is 0. The molecule has 0 radical (unpaired) electrons. The second-order valence-corrected chi connectivity index (χ2v) is 9.11. The highest BCUT2D eigenvalue weighted by Crippen LogP contribution is 2.44. The molecule has 0 aliphatic rings. The van der Waals surface area contributed by atoms with E-state index in [4.69, 9.17) is 16.9 Å². The summed E-state index contributed by atoms with van der Waals surface area (Å²) in [4.78, 5) is 10.9. The van der Waals surface area contributed by atoms with Crippen LogP contribution in [0.5, 0.6) is 0 Å². The highest BCUT2D eigenvalue weighted by molar-refractivity contribution is 8.21. The monoisotopic (exact) mass is 290 g/mol. The second kappa shape index (κ2) is 6.14. The predicted octanol–water partition coefficient (Wildman–Crippen LogP) is 2.59. The molecule has 2 aromatic carbocycles. The van der Waals surface area contributed by atoms with Crippen molar-refractivity contribution in [2.45, 2.75) is 6.42 Å². The fourth-order valence-electron chi connectivity index (χ4n) is 2.00. The third-order valence-electron chi connectivity index (χ3n) is 2.99. The first kappa shape index (κ1) is 14.0. The van der Waals surface area contributed by atoms with Crippen LogP contribution in [0, 0.1) is 0 Å². The van der Waals surface area contributed by atoms with Gasteiger partial charge in [0.2, 0.25) is 0 Å². The van der Waals surface area contributed by atoms with E-state index in [-0.39, 0.29) is 6.42 Å². The van der Waals surface area contributed by atoms with Crippen LogP contribution in [0.2, 0.25) is 0 Å². The molecule has 0 spiro atoms. The van der Waals surface area contributed by atoms with Crippen molar-refractivity contribution in [3.8, 4) is 0 Å². The molecule has 0 saturated heterocycles. The zero-order chi connectivity index (χ0) is 13.7. The molecule has 0 atom stereocenters. The maximum atomic E-state index is 10.9. The van der Waals surface area contributed by atoms with Crippen molar-refractivity contribution in [2.24, 2.45) is 0 Å². The van der Waals surface area contributed by atoms with E-state index in [2.05, 4.69) is 0 Å². The lowest BCUT2D eigenvalue weighted by molar-refractivity contribution is -0.136. The van der Waals surface area contributed by atoms with Crippen LogP contribution >= 0.6 is 6.04 Å². The molecule has 0 fully saturated rings. The lowest BCUT2D eigenvalue weighted by Gasteiger charge is -2.22. The number of hydrogen-bond donors (Lipinski definition) is 1. The van der Waals surface area contributed by atoms with Crippen LogP contribution in [0.4, 0.5) is 0 Å². The number of benzene rings is 2. The van der Waals surface area contributed by atoms with Gasteiger partial charge in [-0.2, -0.15) is 0 Å². The minimum atomic E-state index is -2.03. The van der Waals surface area contributed by atoms with Crippen LogP contribution in [-0.2, 0) is 16.6 Å². The Hall–Kier alpha value is -1.44. The molecule has 2 aromatic rings. The molecular formula is C15H15O2PS. The van der Waals surface area contributed by atoms with Crippen molar-refractivity contribution < 1.29 is 9.90 Å². The maximum Gasteiger partial charge on any atom is 0.303 e. The van der Waals surface area contributed by atoms with Crippen molar-refractivity contribution in [2.75, 3.05) is 6.16 Å². The van der Waals surface area contributed by atoms with Crippen molar-refractivity contribution >= 4 is 34.4 Å². The minimum Gasteiger partial charge on any atom is -0.481 e. The van der Waals surface area contributed by atoms with E-state index in [9.17, 15) is 4.79 Å². The van der Waals surface area contributed by atoms with E-state index in [1.165, 1.54) is 0 Å². The first-order valence-electron chi connectivity index (χ1n) is 6.05. The summed E-state index contributed by atoms with van der Waals surface area (Å²) in [5.41, 5.74) is 0. The van der Waals surface area contributed by atoms with Crippen molar-refractivity contribution in [3.63, 3.8) is 0 Å². The van der Waals surface area contributed by atoms with Gasteiger partial charge in [0.25, 0.3) is 0 Å². The molecule has 0 aromatic heterocycles. The summed E-state index contributed by atoms with van der Waals surface area (Å²) >= 11 is 5.90. The Morgan fingerprint density at radius 1 is 0.947 bits per heavy atom. The lowest BCUT2D eigenvalue weighted by Crippen LogP contribution is -2.19. The average Bonchev–Trinajstić information content (AvgIpc) is 2.46. The summed E-state index contributed by atoms with van der Waals surface area (Å²) in [5.74, 6) is -0.791. The topological polar surface area (TPSA) is 37.3 Å². The molecule has 0 unspecified atom stereocenters. The summed E-state index contributed by atoms with van der Waals surface area (Å²) in [6.45, 7) is 0. The predicted molar refractivity (Wildman–Crippen MR) is 83.6 cm³/mol. The molecule has 0 bridgehead atoms. The Kier molecular flexibility index (Phi) is 4.52. The molecule has 2 rings (SSSR count). The van der Waals surface area contributed by atoms with Gasteiger partial charge in [-0.1, -0.05) is 72.5 Å². The maximum absolute atomic E-state index is 10.9. The van der Waals surface area contributed by atoms with Gasteiger partial charge in [0.15, 0.2) is 0 Å². The zero-order valence-corrected chi connectivity index (χ0v) is 12.1. The van der Waals surface area contributed by atoms with Gasteiger partial charge in [0, 0.05) is 6.04 Å². The Labute approximate surface area is 118 Å². The Morgan fingerprint density at radius 3 is 1.74 bits per heavy atom. The van der Waals surface area contributed by atoms with Gasteiger partial charge < -0.3 is 5.11 Å². The van der Waals surface area contributed by atoms with Gasteiger partial charge in [-0.3, -0.25) is 4.79 Å². The standard InChI is InChI=1S/C15H15O2PS/c16-15(17)11-12-18(19,13-7-3-1-4-8-13)14-9-5-2-6-10-14/h1-10H,11-12H2,(H,16,17). The van der Waals surface area contributed by atoms with Gasteiger partial charge in [-0.05, 0) is 16.8 Å². The van der Waals surface area contributed by atoms with E-state index in [1.807, 2.05) is 60.7 Å². The van der Waals surface area contributed by atoms with Crippen LogP contribution in [0.3, 0.4) is 0 Å². The second-order valence-electron chi connectivity index (χ2n) is 4.28. The number of carbonyl (C=O) groups is 1. The molecular weight excluding hydrogens is 275 g/mol. The summed E-state index contributed by atoms with van der Waals surface area (Å²) in [5, 5.41) is 11.1. The van der Waals surface area contributed by atoms with E-state index >= 15 is 0 Å². The van der Waals surface area contributed by atoms with Crippen molar-refractivity contribution in [3.05, 3.63) is 60.7 Å². The van der Waals surface area contributed by atoms with Gasteiger partial charge >= 0.3 is 5.97 Å². The normalized spacial score (nSPS) is 11.2. The quantitative estimate of drug-likeness (QED) is 0.860. The number of carboxylic acids is 1. The first-order valence-corrected chi connectivity index (χ1v) is 9.04. The first-order chi connectivity index (χ1) is 9.13. The molecule has 19 heavy (non-hydrogen) atoms. The van der Waals surface area contributed by atoms with Crippen LogP contribution in [0.25, 0.3) is 0 Å². The number of aliphatic carboxylic acids is 1. The highest BCUT2D eigenvalue weighted by atomic mass is 32.4. The van der Waals surface area contributed by atoms with E-state index in [1.54, 1.807) is 0 Å². The number of hydrogen-bond acceptors (Lipinski definition) is 2. The van der Waals surface area contributed by atoms with Gasteiger partial charge in [-0.25, -0.2) is 0 Å². The fraction of sp³-hybridized carbons (Fsp3) is 0.133. The minimum absolute atomic E-state index is 0.112. The van der Waals surface area contributed by atoms with Crippen LogP contribution in [0.15, 0.2) is 60.7 Å². The van der Waals surface area contributed by atoms with Crippen LogP contribution in [-0.4, -0.2) is 17.2 Å². The molecule has 0 saturated carbocycles. The summed E-state index contributed by atoms with van der Waals surface area (Å²) < 4.78 is 0. The molecule has 4 heteroatoms. The summed E-state index contributed by atoms with van der Waals surface area (Å²) in [6, 6.07) is 17.7. The smallest absolute Gasteiger partial charge is 0.303 e. The van der Waals surface area contributed by atoms with E-state index in [0.717, 1.165) is 10.6 Å². The van der Waals surface area contributed by atoms with Crippen LogP contribution < -0.4 is 10.6 Å². The Morgan fingerprint density at radius 2 is 1.37 bits per heavy atom. The summed E-state index contributed by atoms with van der Waals surface area (Å²) in [6.07, 6.45) is 0.632. The molecule has 0 heterocycles. The molecule has 1 N–H and O–H groups in total. The fourth-order valence-corrected chi connectivity index (χ4v) is 5.63. The molecule has 98 valence electrons. The largest absolute Gasteiger partial charge is 0.481 e. The third kappa shape index (κ3) is 3.31. The molecule has 0 aliphatic carbocycles. The van der Waals surface area contributed by atoms with Crippen molar-refractivity contribution in [1.82, 2.24) is 0 Å². The average molecular weight is 290 g/mol. The third-order valence-corrected chi connectivity index (χ3v) is 7.92. The van der Waals surface area contributed by atoms with Gasteiger partial charge in [0.1, 0.15) is 0 Å². The van der Waals surface area contributed by atoms with Gasteiger partial charge in [-0.15, -0.1) is 0 Å². The highest BCUT2D eigenvalue weighted by Gasteiger charge is 2.22. The zero-order valence-electron chi connectivity index (χ0n) is 10.4. The Bertz CT molecular complexity index is 553. The van der Waals surface area contributed by atoms with E-state index in [0.29, 0.717) is 6.16 Å².